The van der Waals surface area contributed by atoms with Crippen molar-refractivity contribution in [3.05, 3.63) is 47.8 Å². The number of hydrogen-bond acceptors (Lipinski definition) is 13. The molecule has 0 spiro atoms. The zero-order chi connectivity index (χ0) is 35.3. The van der Waals surface area contributed by atoms with Gasteiger partial charge in [0.15, 0.2) is 10.6 Å². The molecule has 2 aliphatic rings. The first-order valence-electron chi connectivity index (χ1n) is 16.7. The van der Waals surface area contributed by atoms with Crippen LogP contribution in [-0.4, -0.2) is 128 Å². The number of carbonyl (C=O) groups is 1. The molecule has 1 atom stereocenters. The third kappa shape index (κ3) is 8.95. The van der Waals surface area contributed by atoms with Gasteiger partial charge in [-0.15, -0.1) is 0 Å². The third-order valence-corrected chi connectivity index (χ3v) is 10.7. The normalized spacial score (nSPS) is 17.5. The lowest BCUT2D eigenvalue weighted by atomic mass is 10.2. The molecule has 15 heteroatoms. The predicted molar refractivity (Wildman–Crippen MR) is 194 cm³/mol. The van der Waals surface area contributed by atoms with Gasteiger partial charge in [0.2, 0.25) is 5.95 Å². The summed E-state index contributed by atoms with van der Waals surface area (Å²) in [7, 11) is 2.11. The number of amides is 1. The maximum Gasteiger partial charge on any atom is 0.257 e. The fraction of sp³-hybridized carbons (Fsp3) is 0.529. The Balaban J connectivity index is 1.17. The molecular weight excluding hydrogens is 643 g/mol. The SMILES string of the molecule is CC(=N)/C(C)=C(\N)Nc1ncnc2cc(OCCCN3CCN(C(=O)c4cnc(N5CCN(C)CC5)nc4)CC3)c([S+]([O-])C(C)(C)C)cc12. The second-order valence-corrected chi connectivity index (χ2v) is 15.8. The minimum Gasteiger partial charge on any atom is -0.611 e. The van der Waals surface area contributed by atoms with Gasteiger partial charge in [0.25, 0.3) is 5.91 Å². The van der Waals surface area contributed by atoms with Crippen LogP contribution >= 0.6 is 0 Å². The van der Waals surface area contributed by atoms with E-state index in [0.29, 0.717) is 75.7 Å². The van der Waals surface area contributed by atoms with Crippen LogP contribution < -0.4 is 20.7 Å². The summed E-state index contributed by atoms with van der Waals surface area (Å²) < 4.78 is 19.4. The monoisotopic (exact) mass is 691 g/mol. The highest BCUT2D eigenvalue weighted by Gasteiger charge is 2.32. The molecule has 2 aromatic heterocycles. The molecule has 3 aromatic rings. The van der Waals surface area contributed by atoms with Crippen LogP contribution in [0.3, 0.4) is 0 Å². The van der Waals surface area contributed by atoms with Crippen molar-refractivity contribution in [3.63, 3.8) is 0 Å². The molecule has 0 radical (unpaired) electrons. The van der Waals surface area contributed by atoms with Gasteiger partial charge in [-0.25, -0.2) is 19.9 Å². The summed E-state index contributed by atoms with van der Waals surface area (Å²) in [6.45, 7) is 17.0. The number of rotatable bonds is 11. The molecular formula is C34H49N11O3S. The molecule has 4 heterocycles. The second-order valence-electron chi connectivity index (χ2n) is 13.6. The molecule has 2 saturated heterocycles. The van der Waals surface area contributed by atoms with Crippen molar-refractivity contribution >= 4 is 45.5 Å². The molecule has 4 N–H and O–H groups in total. The number of ether oxygens (including phenoxy) is 1. The maximum absolute atomic E-state index is 13.7. The molecule has 0 bridgehead atoms. The lowest BCUT2D eigenvalue weighted by molar-refractivity contribution is 0.0629. The Hall–Kier alpha value is -4.05. The number of allylic oxidation sites excluding steroid dienone is 1. The van der Waals surface area contributed by atoms with Crippen LogP contribution in [0.15, 0.2) is 47.1 Å². The molecule has 5 rings (SSSR count). The number of nitrogens with two attached hydrogens (primary N) is 1. The van der Waals surface area contributed by atoms with Gasteiger partial charge in [-0.1, -0.05) is 0 Å². The van der Waals surface area contributed by atoms with Crippen molar-refractivity contribution < 1.29 is 14.1 Å². The Labute approximate surface area is 291 Å². The van der Waals surface area contributed by atoms with Gasteiger partial charge in [0.05, 0.1) is 17.7 Å². The highest BCUT2D eigenvalue weighted by molar-refractivity contribution is 7.92. The number of aromatic nitrogens is 4. The Morgan fingerprint density at radius 2 is 1.69 bits per heavy atom. The zero-order valence-corrected chi connectivity index (χ0v) is 30.3. The van der Waals surface area contributed by atoms with E-state index in [4.69, 9.17) is 15.9 Å². The van der Waals surface area contributed by atoms with Crippen LogP contribution in [0, 0.1) is 5.41 Å². The van der Waals surface area contributed by atoms with E-state index in [1.165, 1.54) is 6.33 Å². The standard InChI is InChI=1S/C34H49N11O3S/c1-23(24(2)35)30(36)41-31-26-18-29(49(47)34(3,4)5)28(19-27(26)39-22-40-31)48-17-7-8-43-11-15-44(16-12-43)32(46)25-20-37-33(38-21-25)45-13-9-42(6)10-14-45/h18-22,35H,7-17,36H2,1-6H3,(H,39,40,41)/b30-23+,35-24?. The molecule has 264 valence electrons. The average Bonchev–Trinajstić information content (AvgIpc) is 3.09. The topological polar surface area (TPSA) is 176 Å². The number of carbonyl (C=O) groups excluding carboxylic acids is 1. The second kappa shape index (κ2) is 15.7. The molecule has 2 aliphatic heterocycles. The van der Waals surface area contributed by atoms with E-state index < -0.39 is 15.9 Å². The van der Waals surface area contributed by atoms with E-state index in [0.717, 1.165) is 52.2 Å². The van der Waals surface area contributed by atoms with E-state index in [-0.39, 0.29) is 5.91 Å². The van der Waals surface area contributed by atoms with E-state index >= 15 is 0 Å². The Kier molecular flexibility index (Phi) is 11.6. The Morgan fingerprint density at radius 3 is 2.33 bits per heavy atom. The summed E-state index contributed by atoms with van der Waals surface area (Å²) in [6.07, 6.45) is 5.50. The van der Waals surface area contributed by atoms with Gasteiger partial charge in [-0.2, -0.15) is 0 Å². The smallest absolute Gasteiger partial charge is 0.257 e. The molecule has 0 aliphatic carbocycles. The summed E-state index contributed by atoms with van der Waals surface area (Å²) in [5, 5.41) is 11.7. The molecule has 0 saturated carbocycles. The van der Waals surface area contributed by atoms with Crippen LogP contribution in [0.1, 0.15) is 51.4 Å². The van der Waals surface area contributed by atoms with Crippen molar-refractivity contribution in [1.29, 1.82) is 5.41 Å². The van der Waals surface area contributed by atoms with Crippen molar-refractivity contribution in [1.82, 2.24) is 34.6 Å². The fourth-order valence-corrected chi connectivity index (χ4v) is 6.79. The predicted octanol–water partition coefficient (Wildman–Crippen LogP) is 2.95. The largest absolute Gasteiger partial charge is 0.611 e. The number of nitrogens with one attached hydrogen (secondary N) is 2. The van der Waals surface area contributed by atoms with E-state index in [9.17, 15) is 9.35 Å². The van der Waals surface area contributed by atoms with Gasteiger partial charge in [-0.3, -0.25) is 9.69 Å². The van der Waals surface area contributed by atoms with Gasteiger partial charge >= 0.3 is 0 Å². The first-order chi connectivity index (χ1) is 23.3. The first kappa shape index (κ1) is 36.2. The van der Waals surface area contributed by atoms with Gasteiger partial charge in [-0.05, 0) is 59.3 Å². The highest BCUT2D eigenvalue weighted by Crippen LogP contribution is 2.36. The summed E-state index contributed by atoms with van der Waals surface area (Å²) in [6, 6.07) is 3.62. The van der Waals surface area contributed by atoms with Crippen LogP contribution in [0.4, 0.5) is 11.8 Å². The lowest BCUT2D eigenvalue weighted by Crippen LogP contribution is -2.49. The van der Waals surface area contributed by atoms with E-state index in [2.05, 4.69) is 47.0 Å². The van der Waals surface area contributed by atoms with Gasteiger partial charge in [0.1, 0.15) is 22.7 Å². The highest BCUT2D eigenvalue weighted by atomic mass is 32.2. The van der Waals surface area contributed by atoms with Crippen molar-refractivity contribution in [3.8, 4) is 5.75 Å². The number of benzene rings is 1. The maximum atomic E-state index is 13.7. The van der Waals surface area contributed by atoms with Crippen LogP contribution in [-0.2, 0) is 11.2 Å². The third-order valence-electron chi connectivity index (χ3n) is 8.88. The fourth-order valence-electron chi connectivity index (χ4n) is 5.60. The summed E-state index contributed by atoms with van der Waals surface area (Å²) in [5.74, 6) is 1.95. The van der Waals surface area contributed by atoms with Crippen LogP contribution in [0.5, 0.6) is 5.75 Å². The average molecular weight is 692 g/mol. The number of fused-ring (bicyclic) bond motifs is 1. The van der Waals surface area contributed by atoms with Gasteiger partial charge in [0, 0.05) is 100 Å². The number of nitrogens with zero attached hydrogens (tertiary/aromatic N) is 8. The van der Waals surface area contributed by atoms with Crippen molar-refractivity contribution in [2.24, 2.45) is 5.73 Å². The number of hydrogen-bond donors (Lipinski definition) is 3. The number of likely N-dealkylation sites (N-methyl/N-ethyl adjacent to an activating group) is 1. The molecule has 14 nitrogen and oxygen atoms in total. The minimum absolute atomic E-state index is 0.0376. The Morgan fingerprint density at radius 1 is 1.02 bits per heavy atom. The molecule has 49 heavy (non-hydrogen) atoms. The molecule has 1 unspecified atom stereocenters. The summed E-state index contributed by atoms with van der Waals surface area (Å²) in [4.78, 5) is 40.2. The first-order valence-corrected chi connectivity index (χ1v) is 17.9. The van der Waals surface area contributed by atoms with E-state index in [1.54, 1.807) is 26.2 Å². The molecule has 2 fully saturated rings. The zero-order valence-electron chi connectivity index (χ0n) is 29.5. The molecule has 1 amide bonds. The van der Waals surface area contributed by atoms with Crippen LogP contribution in [0.2, 0.25) is 0 Å². The summed E-state index contributed by atoms with van der Waals surface area (Å²) >= 11 is -1.39. The number of piperazine rings is 2. The van der Waals surface area contributed by atoms with Crippen molar-refractivity contribution in [2.45, 2.75) is 50.7 Å². The van der Waals surface area contributed by atoms with Gasteiger partial charge < -0.3 is 40.4 Å². The van der Waals surface area contributed by atoms with Crippen LogP contribution in [0.25, 0.3) is 10.9 Å². The minimum atomic E-state index is -1.39. The quantitative estimate of drug-likeness (QED) is 0.153. The Bertz CT molecular complexity index is 1660. The lowest BCUT2D eigenvalue weighted by Gasteiger charge is -2.35. The van der Waals surface area contributed by atoms with E-state index in [1.807, 2.05) is 37.8 Å². The van der Waals surface area contributed by atoms with Crippen molar-refractivity contribution in [2.75, 3.05) is 82.8 Å². The molecule has 1 aromatic carbocycles. The summed E-state index contributed by atoms with van der Waals surface area (Å²) in [5.41, 5.74) is 8.31. The number of anilines is 2.